The number of rotatable bonds is 5. The van der Waals surface area contributed by atoms with Crippen LogP contribution in [0.4, 0.5) is 5.69 Å². The fraction of sp³-hybridized carbons (Fsp3) is 0.174. The molecule has 6 heteroatoms. The van der Waals surface area contributed by atoms with Crippen LogP contribution in [-0.4, -0.2) is 24.0 Å². The number of aryl methyl sites for hydroxylation is 2. The molecule has 0 aliphatic heterocycles. The molecular weight excluding hydrogens is 364 g/mol. The van der Waals surface area contributed by atoms with Crippen molar-refractivity contribution >= 4 is 17.6 Å². The maximum atomic E-state index is 12.8. The third kappa shape index (κ3) is 5.65. The Morgan fingerprint density at radius 2 is 1.90 bits per heavy atom. The largest absolute Gasteiger partial charge is 0.495 e. The van der Waals surface area contributed by atoms with E-state index in [0.717, 1.165) is 22.4 Å². The van der Waals surface area contributed by atoms with E-state index in [1.807, 2.05) is 62.4 Å². The van der Waals surface area contributed by atoms with Crippen molar-refractivity contribution in [2.45, 2.75) is 20.4 Å². The highest BCUT2D eigenvalue weighted by Gasteiger charge is 2.12. The molecule has 1 heterocycles. The summed E-state index contributed by atoms with van der Waals surface area (Å²) >= 11 is 0. The fourth-order valence-corrected chi connectivity index (χ4v) is 2.79. The van der Waals surface area contributed by atoms with Crippen molar-refractivity contribution in [1.29, 1.82) is 0 Å². The number of ether oxygens (including phenoxy) is 1. The molecule has 0 unspecified atom stereocenters. The minimum atomic E-state index is -0.238. The van der Waals surface area contributed by atoms with E-state index < -0.39 is 0 Å². The van der Waals surface area contributed by atoms with Crippen LogP contribution >= 0.6 is 0 Å². The molecule has 3 rings (SSSR count). The Bertz CT molecular complexity index is 1020. The van der Waals surface area contributed by atoms with E-state index in [0.29, 0.717) is 23.8 Å². The topological polar surface area (TPSA) is 75.6 Å². The van der Waals surface area contributed by atoms with Gasteiger partial charge in [0.2, 0.25) is 5.96 Å². The molecule has 6 nitrogen and oxygen atoms in total. The molecule has 2 N–H and O–H groups in total. The number of aromatic nitrogens is 1. The maximum absolute atomic E-state index is 12.8. The lowest BCUT2D eigenvalue weighted by molar-refractivity contribution is 0.0977. The molecule has 3 aromatic rings. The third-order valence-corrected chi connectivity index (χ3v) is 4.26. The Hall–Kier alpha value is -3.67. The van der Waals surface area contributed by atoms with E-state index in [-0.39, 0.29) is 5.91 Å². The summed E-state index contributed by atoms with van der Waals surface area (Å²) in [6, 6.07) is 17.0. The van der Waals surface area contributed by atoms with Crippen LogP contribution in [0, 0.1) is 13.8 Å². The van der Waals surface area contributed by atoms with Gasteiger partial charge in [-0.1, -0.05) is 29.8 Å². The quantitative estimate of drug-likeness (QED) is 0.510. The van der Waals surface area contributed by atoms with Gasteiger partial charge >= 0.3 is 0 Å². The zero-order chi connectivity index (χ0) is 20.6. The molecule has 29 heavy (non-hydrogen) atoms. The van der Waals surface area contributed by atoms with Crippen LogP contribution in [0.3, 0.4) is 0 Å². The van der Waals surface area contributed by atoms with E-state index >= 15 is 0 Å². The number of anilines is 1. The molecule has 0 aliphatic rings. The van der Waals surface area contributed by atoms with Crippen molar-refractivity contribution in [3.05, 3.63) is 89.2 Å². The van der Waals surface area contributed by atoms with Gasteiger partial charge in [-0.25, -0.2) is 4.99 Å². The molecule has 0 bridgehead atoms. The second-order valence-corrected chi connectivity index (χ2v) is 6.68. The fourth-order valence-electron chi connectivity index (χ4n) is 2.79. The Labute approximate surface area is 170 Å². The maximum Gasteiger partial charge on any atom is 0.257 e. The molecule has 2 aromatic carbocycles. The number of benzene rings is 2. The molecule has 0 radical (unpaired) electrons. The molecule has 0 atom stereocenters. The molecule has 1 amide bonds. The van der Waals surface area contributed by atoms with Gasteiger partial charge in [0.25, 0.3) is 5.91 Å². The van der Waals surface area contributed by atoms with E-state index in [1.165, 1.54) is 0 Å². The summed E-state index contributed by atoms with van der Waals surface area (Å²) in [5.41, 5.74) is 4.30. The third-order valence-electron chi connectivity index (χ3n) is 4.26. The molecule has 0 saturated carbocycles. The Balaban J connectivity index is 1.87. The molecule has 0 aliphatic carbocycles. The zero-order valence-corrected chi connectivity index (χ0v) is 16.8. The number of pyridine rings is 1. The minimum Gasteiger partial charge on any atom is -0.495 e. The SMILES string of the molecule is COc1ccc(C)cc1NC(=NCc1cccnc1)NC(=O)c1cccc(C)c1. The first kappa shape index (κ1) is 20.1. The van der Waals surface area contributed by atoms with Gasteiger partial charge in [0.1, 0.15) is 5.75 Å². The Kier molecular flexibility index (Phi) is 6.58. The average molecular weight is 388 g/mol. The zero-order valence-electron chi connectivity index (χ0n) is 16.8. The average Bonchev–Trinajstić information content (AvgIpc) is 2.73. The molecule has 0 fully saturated rings. The summed E-state index contributed by atoms with van der Waals surface area (Å²) in [5, 5.41) is 6.07. The smallest absolute Gasteiger partial charge is 0.257 e. The number of amides is 1. The first-order chi connectivity index (χ1) is 14.0. The van der Waals surface area contributed by atoms with Crippen molar-refractivity contribution in [3.8, 4) is 5.75 Å². The van der Waals surface area contributed by atoms with E-state index in [2.05, 4.69) is 20.6 Å². The predicted molar refractivity (Wildman–Crippen MR) is 115 cm³/mol. The van der Waals surface area contributed by atoms with Gasteiger partial charge in [0.15, 0.2) is 0 Å². The van der Waals surface area contributed by atoms with Crippen LogP contribution in [0.1, 0.15) is 27.0 Å². The second kappa shape index (κ2) is 9.50. The standard InChI is InChI=1S/C23H24N4O2/c1-16-6-4-8-19(12-16)22(28)27-23(25-15-18-7-5-11-24-14-18)26-20-13-17(2)9-10-21(20)29-3/h4-14H,15H2,1-3H3,(H2,25,26,27,28). The Morgan fingerprint density at radius 1 is 1.07 bits per heavy atom. The highest BCUT2D eigenvalue weighted by Crippen LogP contribution is 2.25. The molecular formula is C23H24N4O2. The highest BCUT2D eigenvalue weighted by molar-refractivity contribution is 6.10. The number of hydrogen-bond acceptors (Lipinski definition) is 4. The van der Waals surface area contributed by atoms with Crippen molar-refractivity contribution in [2.24, 2.45) is 4.99 Å². The van der Waals surface area contributed by atoms with Gasteiger partial charge < -0.3 is 10.1 Å². The summed E-state index contributed by atoms with van der Waals surface area (Å²) in [7, 11) is 1.60. The molecule has 0 spiro atoms. The molecule has 148 valence electrons. The summed E-state index contributed by atoms with van der Waals surface area (Å²) in [5.74, 6) is 0.761. The molecule has 1 aromatic heterocycles. The number of hydrogen-bond donors (Lipinski definition) is 2. The van der Waals surface area contributed by atoms with Gasteiger partial charge in [-0.2, -0.15) is 0 Å². The van der Waals surface area contributed by atoms with Crippen molar-refractivity contribution < 1.29 is 9.53 Å². The lowest BCUT2D eigenvalue weighted by Crippen LogP contribution is -2.36. The van der Waals surface area contributed by atoms with E-state index in [4.69, 9.17) is 4.74 Å². The van der Waals surface area contributed by atoms with E-state index in [9.17, 15) is 4.79 Å². The minimum absolute atomic E-state index is 0.238. The lowest BCUT2D eigenvalue weighted by Gasteiger charge is -2.15. The number of methoxy groups -OCH3 is 1. The van der Waals surface area contributed by atoms with Gasteiger partial charge in [-0.05, 0) is 55.3 Å². The van der Waals surface area contributed by atoms with Crippen LogP contribution in [0.2, 0.25) is 0 Å². The van der Waals surface area contributed by atoms with Gasteiger partial charge in [-0.15, -0.1) is 0 Å². The Morgan fingerprint density at radius 3 is 2.62 bits per heavy atom. The van der Waals surface area contributed by atoms with Gasteiger partial charge in [0, 0.05) is 18.0 Å². The van der Waals surface area contributed by atoms with E-state index in [1.54, 1.807) is 25.6 Å². The summed E-state index contributed by atoms with van der Waals surface area (Å²) in [6.45, 7) is 4.31. The summed E-state index contributed by atoms with van der Waals surface area (Å²) in [6.07, 6.45) is 3.46. The normalized spacial score (nSPS) is 11.1. The number of guanidine groups is 1. The van der Waals surface area contributed by atoms with Gasteiger partial charge in [-0.3, -0.25) is 15.1 Å². The van der Waals surface area contributed by atoms with Crippen molar-refractivity contribution in [1.82, 2.24) is 10.3 Å². The van der Waals surface area contributed by atoms with Crippen LogP contribution in [0.15, 0.2) is 72.0 Å². The monoisotopic (exact) mass is 388 g/mol. The van der Waals surface area contributed by atoms with Crippen molar-refractivity contribution in [2.75, 3.05) is 12.4 Å². The number of nitrogens with zero attached hydrogens (tertiary/aromatic N) is 2. The van der Waals surface area contributed by atoms with Gasteiger partial charge in [0.05, 0.1) is 19.3 Å². The van der Waals surface area contributed by atoms with Crippen LogP contribution in [0.5, 0.6) is 5.75 Å². The van der Waals surface area contributed by atoms with Crippen LogP contribution < -0.4 is 15.4 Å². The van der Waals surface area contributed by atoms with Crippen LogP contribution in [0.25, 0.3) is 0 Å². The van der Waals surface area contributed by atoms with Crippen molar-refractivity contribution in [3.63, 3.8) is 0 Å². The van der Waals surface area contributed by atoms with Crippen LogP contribution in [-0.2, 0) is 6.54 Å². The molecule has 0 saturated heterocycles. The summed E-state index contributed by atoms with van der Waals surface area (Å²) in [4.78, 5) is 21.4. The lowest BCUT2D eigenvalue weighted by atomic mass is 10.1. The predicted octanol–water partition coefficient (Wildman–Crippen LogP) is 4.11. The highest BCUT2D eigenvalue weighted by atomic mass is 16.5. The first-order valence-electron chi connectivity index (χ1n) is 9.28. The summed E-state index contributed by atoms with van der Waals surface area (Å²) < 4.78 is 5.43. The first-order valence-corrected chi connectivity index (χ1v) is 9.28. The number of nitrogens with one attached hydrogen (secondary N) is 2. The number of aliphatic imine (C=N–C) groups is 1. The number of carbonyl (C=O) groups excluding carboxylic acids is 1. The number of carbonyl (C=O) groups is 1. The second-order valence-electron chi connectivity index (χ2n) is 6.68.